The molecule has 4 nitrogen and oxygen atoms in total. The molecule has 0 radical (unpaired) electrons. The van der Waals surface area contributed by atoms with Crippen LogP contribution in [0.4, 0.5) is 0 Å². The second-order valence-electron chi connectivity index (χ2n) is 3.78. The van der Waals surface area contributed by atoms with E-state index in [9.17, 15) is 4.79 Å². The number of aliphatic imine (C=N–C) groups is 1. The van der Waals surface area contributed by atoms with Crippen molar-refractivity contribution in [3.8, 4) is 0 Å². The fourth-order valence-corrected chi connectivity index (χ4v) is 1.56. The average Bonchev–Trinajstić information content (AvgIpc) is 2.04. The number of quaternary nitrogens is 1. The van der Waals surface area contributed by atoms with Gasteiger partial charge in [-0.25, -0.2) is 0 Å². The van der Waals surface area contributed by atoms with Gasteiger partial charge in [0.05, 0.1) is 13.6 Å². The Morgan fingerprint density at radius 2 is 2.31 bits per heavy atom. The van der Waals surface area contributed by atoms with Crippen molar-refractivity contribution in [3.05, 3.63) is 0 Å². The Balaban J connectivity index is 2.37. The van der Waals surface area contributed by atoms with Crippen LogP contribution in [0.25, 0.3) is 0 Å². The van der Waals surface area contributed by atoms with E-state index in [4.69, 9.17) is 0 Å². The SMILES string of the molecule is CC(=O)NCC[N+]1(C)C(C)=NC1C. The van der Waals surface area contributed by atoms with Gasteiger partial charge in [-0.2, -0.15) is 4.99 Å². The van der Waals surface area contributed by atoms with Gasteiger partial charge in [0, 0.05) is 20.8 Å². The summed E-state index contributed by atoms with van der Waals surface area (Å²) in [6.07, 6.45) is 0.341. The number of nitrogens with zero attached hydrogens (tertiary/aromatic N) is 2. The fraction of sp³-hybridized carbons (Fsp3) is 0.778. The number of carbonyl (C=O) groups is 1. The molecule has 74 valence electrons. The molecule has 0 saturated heterocycles. The zero-order valence-electron chi connectivity index (χ0n) is 8.79. The van der Waals surface area contributed by atoms with Crippen molar-refractivity contribution in [2.24, 2.45) is 4.99 Å². The molecule has 13 heavy (non-hydrogen) atoms. The highest BCUT2D eigenvalue weighted by molar-refractivity contribution is 5.76. The number of likely N-dealkylation sites (N-methyl/N-ethyl adjacent to an activating group) is 1. The molecule has 2 unspecified atom stereocenters. The fourth-order valence-electron chi connectivity index (χ4n) is 1.56. The smallest absolute Gasteiger partial charge is 0.217 e. The molecule has 0 fully saturated rings. The minimum absolute atomic E-state index is 0.0365. The molecule has 0 spiro atoms. The number of amidine groups is 1. The van der Waals surface area contributed by atoms with Crippen LogP contribution in [0, 0.1) is 0 Å². The molecular weight excluding hydrogens is 166 g/mol. The summed E-state index contributed by atoms with van der Waals surface area (Å²) in [6, 6.07) is 0. The molecule has 1 N–H and O–H groups in total. The third kappa shape index (κ3) is 1.88. The molecule has 1 aliphatic heterocycles. The maximum atomic E-state index is 10.7. The number of amides is 1. The standard InChI is InChI=1S/C9H17N3O/c1-7-11-8(2)12(7,4)6-5-10-9(3)13/h7H,5-6H2,1-4H3/p+1. The van der Waals surface area contributed by atoms with Gasteiger partial charge in [0.25, 0.3) is 0 Å². The Bertz CT molecular complexity index is 249. The van der Waals surface area contributed by atoms with Crippen LogP contribution < -0.4 is 5.32 Å². The van der Waals surface area contributed by atoms with Crippen LogP contribution >= 0.6 is 0 Å². The maximum absolute atomic E-state index is 10.7. The third-order valence-electron chi connectivity index (χ3n) is 2.89. The summed E-state index contributed by atoms with van der Waals surface area (Å²) >= 11 is 0. The summed E-state index contributed by atoms with van der Waals surface area (Å²) in [5.74, 6) is 1.19. The Kier molecular flexibility index (Phi) is 2.71. The molecular formula is C9H18N3O+. The van der Waals surface area contributed by atoms with Crippen molar-refractivity contribution >= 4 is 11.7 Å². The summed E-state index contributed by atoms with van der Waals surface area (Å²) in [4.78, 5) is 15.0. The second-order valence-corrected chi connectivity index (χ2v) is 3.78. The molecule has 4 heteroatoms. The predicted octanol–water partition coefficient (Wildman–Crippen LogP) is 0.347. The molecule has 0 aromatic heterocycles. The first kappa shape index (κ1) is 10.2. The van der Waals surface area contributed by atoms with Crippen LogP contribution in [-0.4, -0.2) is 42.5 Å². The van der Waals surface area contributed by atoms with E-state index in [2.05, 4.69) is 24.3 Å². The number of hydrogen-bond acceptors (Lipinski definition) is 2. The molecule has 0 aromatic rings. The van der Waals surface area contributed by atoms with Gasteiger partial charge in [-0.1, -0.05) is 0 Å². The van der Waals surface area contributed by atoms with Crippen molar-refractivity contribution in [3.63, 3.8) is 0 Å². The average molecular weight is 184 g/mol. The molecule has 2 atom stereocenters. The van der Waals surface area contributed by atoms with Crippen molar-refractivity contribution < 1.29 is 9.28 Å². The van der Waals surface area contributed by atoms with Crippen LogP contribution in [0.1, 0.15) is 20.8 Å². The molecule has 0 aliphatic carbocycles. The van der Waals surface area contributed by atoms with Gasteiger partial charge in [-0.05, 0) is 0 Å². The van der Waals surface area contributed by atoms with E-state index in [1.165, 1.54) is 0 Å². The van der Waals surface area contributed by atoms with Crippen molar-refractivity contribution in [1.29, 1.82) is 0 Å². The molecule has 0 aromatic carbocycles. The molecule has 1 rings (SSSR count). The largest absolute Gasteiger partial charge is 0.351 e. The summed E-state index contributed by atoms with van der Waals surface area (Å²) in [7, 11) is 2.15. The molecule has 0 saturated carbocycles. The first-order chi connectivity index (χ1) is 5.97. The van der Waals surface area contributed by atoms with E-state index < -0.39 is 0 Å². The quantitative estimate of drug-likeness (QED) is 0.632. The molecule has 1 heterocycles. The first-order valence-electron chi connectivity index (χ1n) is 4.61. The summed E-state index contributed by atoms with van der Waals surface area (Å²) in [6.45, 7) is 7.33. The van der Waals surface area contributed by atoms with Gasteiger partial charge in [-0.3, -0.25) is 9.28 Å². The highest BCUT2D eigenvalue weighted by Gasteiger charge is 2.40. The maximum Gasteiger partial charge on any atom is 0.217 e. The van der Waals surface area contributed by atoms with Gasteiger partial charge in [0.2, 0.25) is 11.7 Å². The monoisotopic (exact) mass is 184 g/mol. The van der Waals surface area contributed by atoms with Crippen molar-refractivity contribution in [2.45, 2.75) is 26.9 Å². The lowest BCUT2D eigenvalue weighted by Gasteiger charge is -2.43. The van der Waals surface area contributed by atoms with Gasteiger partial charge in [0.1, 0.15) is 6.54 Å². The van der Waals surface area contributed by atoms with E-state index in [0.717, 1.165) is 23.4 Å². The number of hydrogen-bond donors (Lipinski definition) is 1. The first-order valence-corrected chi connectivity index (χ1v) is 4.61. The number of nitrogens with one attached hydrogen (secondary N) is 1. The van der Waals surface area contributed by atoms with Gasteiger partial charge in [-0.15, -0.1) is 0 Å². The topological polar surface area (TPSA) is 41.5 Å². The van der Waals surface area contributed by atoms with Crippen LogP contribution in [0.2, 0.25) is 0 Å². The van der Waals surface area contributed by atoms with E-state index in [1.807, 2.05) is 6.92 Å². The highest BCUT2D eigenvalue weighted by atomic mass is 16.1. The van der Waals surface area contributed by atoms with E-state index in [-0.39, 0.29) is 5.91 Å². The molecule has 1 aliphatic rings. The summed E-state index contributed by atoms with van der Waals surface area (Å²) < 4.78 is 0.861. The number of carbonyl (C=O) groups excluding carboxylic acids is 1. The van der Waals surface area contributed by atoms with Crippen molar-refractivity contribution in [2.75, 3.05) is 20.1 Å². The van der Waals surface area contributed by atoms with E-state index in [0.29, 0.717) is 6.17 Å². The van der Waals surface area contributed by atoms with Gasteiger partial charge < -0.3 is 5.32 Å². The molecule has 1 amide bonds. The van der Waals surface area contributed by atoms with Gasteiger partial charge in [0.15, 0.2) is 6.17 Å². The van der Waals surface area contributed by atoms with Crippen LogP contribution in [0.3, 0.4) is 0 Å². The van der Waals surface area contributed by atoms with E-state index in [1.54, 1.807) is 6.92 Å². The van der Waals surface area contributed by atoms with Crippen molar-refractivity contribution in [1.82, 2.24) is 5.32 Å². The Morgan fingerprint density at radius 3 is 2.69 bits per heavy atom. The number of rotatable bonds is 3. The van der Waals surface area contributed by atoms with E-state index >= 15 is 0 Å². The van der Waals surface area contributed by atoms with Gasteiger partial charge >= 0.3 is 0 Å². The summed E-state index contributed by atoms with van der Waals surface area (Å²) in [5.41, 5.74) is 0. The normalized spacial score (nSPS) is 32.0. The predicted molar refractivity (Wildman–Crippen MR) is 52.3 cm³/mol. The second kappa shape index (κ2) is 3.46. The third-order valence-corrected chi connectivity index (χ3v) is 2.89. The minimum Gasteiger partial charge on any atom is -0.351 e. The van der Waals surface area contributed by atoms with Crippen LogP contribution in [0.15, 0.2) is 4.99 Å². The lowest BCUT2D eigenvalue weighted by Crippen LogP contribution is -2.63. The Hall–Kier alpha value is -0.900. The Labute approximate surface area is 79.2 Å². The zero-order valence-corrected chi connectivity index (χ0v) is 8.79. The highest BCUT2D eigenvalue weighted by Crippen LogP contribution is 2.22. The molecule has 0 bridgehead atoms. The summed E-state index contributed by atoms with van der Waals surface area (Å²) in [5, 5.41) is 2.80. The lowest BCUT2D eigenvalue weighted by molar-refractivity contribution is -0.863. The van der Waals surface area contributed by atoms with Crippen LogP contribution in [0.5, 0.6) is 0 Å². The zero-order chi connectivity index (χ0) is 10.1. The lowest BCUT2D eigenvalue weighted by atomic mass is 10.2. The minimum atomic E-state index is 0.0365. The Morgan fingerprint density at radius 1 is 1.69 bits per heavy atom. The van der Waals surface area contributed by atoms with Crippen LogP contribution in [-0.2, 0) is 4.79 Å².